The fraction of sp³-hybridized carbons (Fsp3) is 0.250. The maximum Gasteiger partial charge on any atom is 0.266 e. The molecule has 3 aromatic carbocycles. The van der Waals surface area contributed by atoms with Crippen LogP contribution in [-0.4, -0.2) is 62.6 Å². The van der Waals surface area contributed by atoms with Crippen LogP contribution in [0.25, 0.3) is 10.9 Å². The molecule has 2 aliphatic rings. The summed E-state index contributed by atoms with van der Waals surface area (Å²) in [5.74, 6) is 0.691. The Kier molecular flexibility index (Phi) is 7.59. The molecule has 0 aliphatic carbocycles. The molecule has 5 aromatic rings. The second-order valence-electron chi connectivity index (χ2n) is 11.6. The number of piperazine rings is 1. The Balaban J connectivity index is 1.41. The third-order valence-corrected chi connectivity index (χ3v) is 10.9. The predicted octanol–water partition coefficient (Wildman–Crippen LogP) is 5.48. The molecule has 4 heterocycles. The minimum atomic E-state index is -4.10. The van der Waals surface area contributed by atoms with Gasteiger partial charge in [-0.15, -0.1) is 0 Å². The van der Waals surface area contributed by atoms with E-state index in [1.54, 1.807) is 36.5 Å². The first-order valence-electron chi connectivity index (χ1n) is 15.4. The van der Waals surface area contributed by atoms with Gasteiger partial charge in [0.05, 0.1) is 41.5 Å². The van der Waals surface area contributed by atoms with Crippen LogP contribution >= 0.6 is 0 Å². The van der Waals surface area contributed by atoms with Crippen LogP contribution in [0.4, 0.5) is 11.4 Å². The molecule has 46 heavy (non-hydrogen) atoms. The molecule has 0 N–H and O–H groups in total. The van der Waals surface area contributed by atoms with Gasteiger partial charge in [-0.2, -0.15) is 5.26 Å². The van der Waals surface area contributed by atoms with Gasteiger partial charge in [0.1, 0.15) is 10.6 Å². The maximum atomic E-state index is 14.8. The lowest BCUT2D eigenvalue weighted by molar-refractivity contribution is 0.124. The van der Waals surface area contributed by atoms with E-state index in [0.29, 0.717) is 42.2 Å². The van der Waals surface area contributed by atoms with Gasteiger partial charge in [-0.05, 0) is 62.4 Å². The largest absolute Gasteiger partial charge is 0.494 e. The summed E-state index contributed by atoms with van der Waals surface area (Å²) >= 11 is 0. The van der Waals surface area contributed by atoms with E-state index >= 15 is 0 Å². The molecular weight excluding hydrogens is 597 g/mol. The predicted molar refractivity (Wildman–Crippen MR) is 179 cm³/mol. The van der Waals surface area contributed by atoms with Crippen molar-refractivity contribution >= 4 is 32.3 Å². The molecule has 0 bridgehead atoms. The Bertz CT molecular complexity index is 2080. The standard InChI is InChI=1S/C36H34N6O3S/c1-3-45-33-11-5-4-10-30(33)36(41-20-18-40(19-21-41)29-15-17-38-26(2)22-29)25-42(32-14-13-27(24-37)23-31(32)36)46(43,44)34-12-6-8-28-9-7-16-39-35(28)34/h4-17,22-23H,3,18-21,25H2,1-2H3. The number of anilines is 2. The molecule has 232 valence electrons. The zero-order valence-corrected chi connectivity index (χ0v) is 26.6. The van der Waals surface area contributed by atoms with E-state index in [4.69, 9.17) is 4.74 Å². The SMILES string of the molecule is CCOc1ccccc1C1(N2CCN(c3ccnc(C)c3)CC2)CN(S(=O)(=O)c2cccc3cccnc23)c2ccc(C#N)cc21. The van der Waals surface area contributed by atoms with Gasteiger partial charge >= 0.3 is 0 Å². The highest BCUT2D eigenvalue weighted by Crippen LogP contribution is 2.52. The fourth-order valence-corrected chi connectivity index (χ4v) is 8.66. The van der Waals surface area contributed by atoms with E-state index in [1.807, 2.05) is 68.6 Å². The Morgan fingerprint density at radius 1 is 0.891 bits per heavy atom. The molecule has 7 rings (SSSR count). The van der Waals surface area contributed by atoms with Gasteiger partial charge < -0.3 is 9.64 Å². The normalized spacial score (nSPS) is 18.4. The van der Waals surface area contributed by atoms with Crippen molar-refractivity contribution in [3.8, 4) is 11.8 Å². The Morgan fingerprint density at radius 2 is 1.70 bits per heavy atom. The molecular formula is C36H34N6O3S. The van der Waals surface area contributed by atoms with Gasteiger partial charge in [0.15, 0.2) is 0 Å². The number of nitriles is 1. The van der Waals surface area contributed by atoms with Crippen LogP contribution < -0.4 is 13.9 Å². The van der Waals surface area contributed by atoms with Crippen molar-refractivity contribution in [1.82, 2.24) is 14.9 Å². The first kappa shape index (κ1) is 29.7. The number of para-hydroxylation sites is 2. The van der Waals surface area contributed by atoms with Crippen molar-refractivity contribution in [2.75, 3.05) is 48.5 Å². The number of sulfonamides is 1. The lowest BCUT2D eigenvalue weighted by Crippen LogP contribution is -2.58. The van der Waals surface area contributed by atoms with Crippen molar-refractivity contribution in [2.24, 2.45) is 0 Å². The van der Waals surface area contributed by atoms with E-state index < -0.39 is 15.6 Å². The van der Waals surface area contributed by atoms with Crippen molar-refractivity contribution in [2.45, 2.75) is 24.3 Å². The third kappa shape index (κ3) is 4.83. The monoisotopic (exact) mass is 630 g/mol. The first-order chi connectivity index (χ1) is 22.4. The molecule has 1 unspecified atom stereocenters. The van der Waals surface area contributed by atoms with Crippen molar-refractivity contribution in [3.63, 3.8) is 0 Å². The smallest absolute Gasteiger partial charge is 0.266 e. The Hall–Kier alpha value is -4.98. The number of hydrogen-bond donors (Lipinski definition) is 0. The first-order valence-corrected chi connectivity index (χ1v) is 16.9. The van der Waals surface area contributed by atoms with Crippen LogP contribution in [0, 0.1) is 18.3 Å². The Labute approximate surface area is 269 Å². The zero-order valence-electron chi connectivity index (χ0n) is 25.8. The molecule has 1 saturated heterocycles. The molecule has 9 nitrogen and oxygen atoms in total. The fourth-order valence-electron chi connectivity index (χ4n) is 6.98. The lowest BCUT2D eigenvalue weighted by Gasteiger charge is -2.47. The summed E-state index contributed by atoms with van der Waals surface area (Å²) in [4.78, 5) is 13.7. The van der Waals surface area contributed by atoms with Crippen molar-refractivity contribution in [3.05, 3.63) is 120 Å². The topological polar surface area (TPSA) is 103 Å². The van der Waals surface area contributed by atoms with E-state index in [1.165, 1.54) is 4.31 Å². The number of pyridine rings is 2. The van der Waals surface area contributed by atoms with Crippen LogP contribution in [0.15, 0.2) is 102 Å². The highest BCUT2D eigenvalue weighted by Gasteiger charge is 2.53. The van der Waals surface area contributed by atoms with Crippen molar-refractivity contribution in [1.29, 1.82) is 5.26 Å². The van der Waals surface area contributed by atoms with Crippen LogP contribution in [0.1, 0.15) is 29.3 Å². The van der Waals surface area contributed by atoms with Gasteiger partial charge in [0.2, 0.25) is 0 Å². The summed E-state index contributed by atoms with van der Waals surface area (Å²) in [6, 6.07) is 28.5. The van der Waals surface area contributed by atoms with Gasteiger partial charge in [0.25, 0.3) is 10.0 Å². The van der Waals surface area contributed by atoms with Crippen molar-refractivity contribution < 1.29 is 13.2 Å². The van der Waals surface area contributed by atoms with Crippen LogP contribution in [0.3, 0.4) is 0 Å². The van der Waals surface area contributed by atoms with E-state index in [-0.39, 0.29) is 11.4 Å². The molecule has 1 fully saturated rings. The van der Waals surface area contributed by atoms with E-state index in [0.717, 1.165) is 41.0 Å². The average molecular weight is 631 g/mol. The number of aromatic nitrogens is 2. The molecule has 10 heteroatoms. The molecule has 0 radical (unpaired) electrons. The molecule has 2 aliphatic heterocycles. The highest BCUT2D eigenvalue weighted by molar-refractivity contribution is 7.93. The van der Waals surface area contributed by atoms with E-state index in [9.17, 15) is 13.7 Å². The minimum absolute atomic E-state index is 0.112. The molecule has 1 atom stereocenters. The summed E-state index contributed by atoms with van der Waals surface area (Å²) in [5, 5.41) is 10.8. The highest BCUT2D eigenvalue weighted by atomic mass is 32.2. The molecule has 2 aromatic heterocycles. The molecule has 0 amide bonds. The van der Waals surface area contributed by atoms with Crippen LogP contribution in [-0.2, 0) is 15.6 Å². The Morgan fingerprint density at radius 3 is 2.48 bits per heavy atom. The summed E-state index contributed by atoms with van der Waals surface area (Å²) in [7, 11) is -4.10. The average Bonchev–Trinajstić information content (AvgIpc) is 3.44. The van der Waals surface area contributed by atoms with Crippen LogP contribution in [0.5, 0.6) is 5.75 Å². The number of rotatable bonds is 7. The van der Waals surface area contributed by atoms with Gasteiger partial charge in [-0.1, -0.05) is 36.4 Å². The number of benzene rings is 3. The zero-order chi connectivity index (χ0) is 31.9. The van der Waals surface area contributed by atoms with Gasteiger partial charge in [-0.25, -0.2) is 8.42 Å². The number of fused-ring (bicyclic) bond motifs is 2. The summed E-state index contributed by atoms with van der Waals surface area (Å²) in [6.45, 7) is 7.27. The summed E-state index contributed by atoms with van der Waals surface area (Å²) in [6.07, 6.45) is 3.45. The van der Waals surface area contributed by atoms with Crippen LogP contribution in [0.2, 0.25) is 0 Å². The van der Waals surface area contributed by atoms with Gasteiger partial charge in [0, 0.05) is 66.5 Å². The second-order valence-corrected chi connectivity index (χ2v) is 13.4. The van der Waals surface area contributed by atoms with Gasteiger partial charge in [-0.3, -0.25) is 19.2 Å². The molecule has 0 spiro atoms. The third-order valence-electron chi connectivity index (χ3n) is 9.07. The summed E-state index contributed by atoms with van der Waals surface area (Å²) < 4.78 is 37.3. The quantitative estimate of drug-likeness (QED) is 0.233. The number of hydrogen-bond acceptors (Lipinski definition) is 8. The second kappa shape index (κ2) is 11.7. The molecule has 0 saturated carbocycles. The summed E-state index contributed by atoms with van der Waals surface area (Å²) in [5.41, 5.74) is 4.22. The number of ether oxygens (including phenoxy) is 1. The lowest BCUT2D eigenvalue weighted by atomic mass is 9.81. The number of aryl methyl sites for hydroxylation is 1. The maximum absolute atomic E-state index is 14.8. The minimum Gasteiger partial charge on any atom is -0.494 e. The van der Waals surface area contributed by atoms with E-state index in [2.05, 4.69) is 31.9 Å². The number of nitrogens with zero attached hydrogens (tertiary/aromatic N) is 6.